The summed E-state index contributed by atoms with van der Waals surface area (Å²) >= 11 is 6.10. The number of ether oxygens (including phenoxy) is 1. The van der Waals surface area contributed by atoms with E-state index < -0.39 is 5.41 Å². The lowest BCUT2D eigenvalue weighted by Crippen LogP contribution is -2.42. The molecule has 2 aromatic rings. The molecule has 4 rings (SSSR count). The van der Waals surface area contributed by atoms with Crippen molar-refractivity contribution in [1.82, 2.24) is 4.90 Å². The summed E-state index contributed by atoms with van der Waals surface area (Å²) in [6.45, 7) is 6.60. The van der Waals surface area contributed by atoms with Gasteiger partial charge in [-0.1, -0.05) is 49.9 Å². The molecule has 0 atom stereocenters. The van der Waals surface area contributed by atoms with Gasteiger partial charge in [0.05, 0.1) is 12.0 Å². The molecule has 2 aromatic carbocycles. The summed E-state index contributed by atoms with van der Waals surface area (Å²) in [5.41, 5.74) is 1.39. The molecule has 1 saturated heterocycles. The number of rotatable bonds is 8. The topological polar surface area (TPSA) is 41.6 Å². The van der Waals surface area contributed by atoms with Gasteiger partial charge in [0.15, 0.2) is 0 Å². The number of halogens is 1. The third kappa shape index (κ3) is 6.30. The second kappa shape index (κ2) is 11.4. The van der Waals surface area contributed by atoms with Crippen LogP contribution in [0.1, 0.15) is 63.9 Å². The smallest absolute Gasteiger partial charge is 0.235 e. The molecule has 0 aromatic heterocycles. The molecule has 1 aliphatic carbocycles. The fourth-order valence-corrected chi connectivity index (χ4v) is 5.35. The van der Waals surface area contributed by atoms with Gasteiger partial charge in [-0.25, -0.2) is 0 Å². The van der Waals surface area contributed by atoms with Gasteiger partial charge in [0.2, 0.25) is 5.91 Å². The van der Waals surface area contributed by atoms with Crippen molar-refractivity contribution in [3.63, 3.8) is 0 Å². The number of benzene rings is 2. The van der Waals surface area contributed by atoms with Gasteiger partial charge in [-0.05, 0) is 93.1 Å². The Kier molecular flexibility index (Phi) is 8.32. The summed E-state index contributed by atoms with van der Waals surface area (Å²) in [5.74, 6) is 1.80. The van der Waals surface area contributed by atoms with Crippen molar-refractivity contribution in [3.8, 4) is 5.75 Å². The molecule has 2 aliphatic rings. The average Bonchev–Trinajstić information content (AvgIpc) is 2.85. The van der Waals surface area contributed by atoms with Crippen LogP contribution in [0.2, 0.25) is 5.02 Å². The van der Waals surface area contributed by atoms with Crippen molar-refractivity contribution in [2.45, 2.75) is 63.7 Å². The lowest BCUT2D eigenvalue weighted by atomic mass is 9.68. The Bertz CT molecular complexity index is 883. The third-order valence-corrected chi connectivity index (χ3v) is 7.67. The fraction of sp³-hybridized carbons (Fsp3) is 0.536. The van der Waals surface area contributed by atoms with Gasteiger partial charge in [0.25, 0.3) is 0 Å². The minimum absolute atomic E-state index is 0.0778. The molecule has 0 radical (unpaired) electrons. The zero-order valence-electron chi connectivity index (χ0n) is 19.8. The highest BCUT2D eigenvalue weighted by Crippen LogP contribution is 2.41. The molecule has 0 spiro atoms. The highest BCUT2D eigenvalue weighted by Gasteiger charge is 2.41. The predicted molar refractivity (Wildman–Crippen MR) is 136 cm³/mol. The van der Waals surface area contributed by atoms with E-state index in [1.165, 1.54) is 32.4 Å². The van der Waals surface area contributed by atoms with Crippen LogP contribution in [0.25, 0.3) is 0 Å². The summed E-state index contributed by atoms with van der Waals surface area (Å²) in [5, 5.41) is 3.87. The third-order valence-electron chi connectivity index (χ3n) is 7.41. The number of carbonyl (C=O) groups excluding carboxylic acids is 1. The van der Waals surface area contributed by atoms with Crippen molar-refractivity contribution in [2.24, 2.45) is 5.92 Å². The molecule has 1 N–H and O–H groups in total. The van der Waals surface area contributed by atoms with E-state index in [2.05, 4.69) is 17.1 Å². The quantitative estimate of drug-likeness (QED) is 0.439. The Balaban J connectivity index is 1.30. The molecule has 33 heavy (non-hydrogen) atoms. The molecule has 178 valence electrons. The molecule has 4 nitrogen and oxygen atoms in total. The number of carbonyl (C=O) groups is 1. The lowest BCUT2D eigenvalue weighted by molar-refractivity contribution is -0.122. The largest absolute Gasteiger partial charge is 0.494 e. The molecule has 1 heterocycles. The first kappa shape index (κ1) is 24.1. The zero-order valence-corrected chi connectivity index (χ0v) is 20.6. The van der Waals surface area contributed by atoms with E-state index >= 15 is 0 Å². The number of nitrogens with one attached hydrogen (secondary N) is 1. The van der Waals surface area contributed by atoms with Gasteiger partial charge in [-0.3, -0.25) is 4.79 Å². The van der Waals surface area contributed by atoms with E-state index in [1.807, 2.05) is 48.5 Å². The zero-order chi connectivity index (χ0) is 23.1. The summed E-state index contributed by atoms with van der Waals surface area (Å²) in [7, 11) is 0. The van der Waals surface area contributed by atoms with Gasteiger partial charge < -0.3 is 15.0 Å². The Morgan fingerprint density at radius 2 is 1.70 bits per heavy atom. The van der Waals surface area contributed by atoms with Crippen LogP contribution in [-0.4, -0.2) is 37.0 Å². The van der Waals surface area contributed by atoms with E-state index in [-0.39, 0.29) is 5.91 Å². The highest BCUT2D eigenvalue weighted by molar-refractivity contribution is 6.30. The number of hydrogen-bond acceptors (Lipinski definition) is 3. The van der Waals surface area contributed by atoms with Gasteiger partial charge in [0.1, 0.15) is 5.75 Å². The van der Waals surface area contributed by atoms with Crippen LogP contribution in [0, 0.1) is 5.92 Å². The molecule has 1 saturated carbocycles. The maximum Gasteiger partial charge on any atom is 0.235 e. The van der Waals surface area contributed by atoms with Crippen molar-refractivity contribution in [2.75, 3.05) is 31.6 Å². The molecular formula is C28H37ClN2O2. The maximum atomic E-state index is 13.5. The number of anilines is 1. The number of hydrogen-bond donors (Lipinski definition) is 1. The van der Waals surface area contributed by atoms with Crippen LogP contribution < -0.4 is 10.1 Å². The van der Waals surface area contributed by atoms with Crippen LogP contribution in [0.4, 0.5) is 5.69 Å². The summed E-state index contributed by atoms with van der Waals surface area (Å²) in [6.07, 6.45) is 8.73. The maximum absolute atomic E-state index is 13.5. The fourth-order valence-electron chi connectivity index (χ4n) is 5.22. The molecule has 5 heteroatoms. The second-order valence-electron chi connectivity index (χ2n) is 9.85. The minimum Gasteiger partial charge on any atom is -0.494 e. The SMILES string of the molecule is CC1CCN(CCCOc2ccc(NC(=O)C3(c4ccc(Cl)cc4)CCCCC3)cc2)CC1. The predicted octanol–water partition coefficient (Wildman–Crippen LogP) is 6.68. The monoisotopic (exact) mass is 468 g/mol. The van der Waals surface area contributed by atoms with Crippen molar-refractivity contribution in [1.29, 1.82) is 0 Å². The standard InChI is InChI=1S/C28H37ClN2O2/c1-22-14-19-31(20-15-22)18-5-21-33-26-12-10-25(11-13-26)30-27(32)28(16-3-2-4-17-28)23-6-8-24(29)9-7-23/h6-13,22H,2-5,14-21H2,1H3,(H,30,32). The molecule has 0 unspecified atom stereocenters. The molecule has 1 amide bonds. The molecular weight excluding hydrogens is 432 g/mol. The Morgan fingerprint density at radius 1 is 1.03 bits per heavy atom. The van der Waals surface area contributed by atoms with Gasteiger partial charge in [-0.2, -0.15) is 0 Å². The van der Waals surface area contributed by atoms with E-state index in [4.69, 9.17) is 16.3 Å². The summed E-state index contributed by atoms with van der Waals surface area (Å²) in [4.78, 5) is 16.0. The number of amides is 1. The van der Waals surface area contributed by atoms with Crippen LogP contribution in [0.15, 0.2) is 48.5 Å². The van der Waals surface area contributed by atoms with E-state index in [0.29, 0.717) is 5.02 Å². The van der Waals surface area contributed by atoms with Crippen LogP contribution >= 0.6 is 11.6 Å². The number of piperidine rings is 1. The van der Waals surface area contributed by atoms with Gasteiger partial charge in [0, 0.05) is 17.3 Å². The summed E-state index contributed by atoms with van der Waals surface area (Å²) in [6, 6.07) is 15.6. The highest BCUT2D eigenvalue weighted by atomic mass is 35.5. The van der Waals surface area contributed by atoms with Crippen LogP contribution in [-0.2, 0) is 10.2 Å². The Morgan fingerprint density at radius 3 is 2.36 bits per heavy atom. The first-order valence-electron chi connectivity index (χ1n) is 12.6. The van der Waals surface area contributed by atoms with E-state index in [9.17, 15) is 4.79 Å². The van der Waals surface area contributed by atoms with E-state index in [0.717, 1.165) is 68.2 Å². The molecule has 2 fully saturated rings. The Hall–Kier alpha value is -2.04. The van der Waals surface area contributed by atoms with Crippen molar-refractivity contribution >= 4 is 23.2 Å². The van der Waals surface area contributed by atoms with Crippen LogP contribution in [0.3, 0.4) is 0 Å². The Labute approximate surface area is 203 Å². The van der Waals surface area contributed by atoms with E-state index in [1.54, 1.807) is 0 Å². The van der Waals surface area contributed by atoms with Gasteiger partial charge in [-0.15, -0.1) is 0 Å². The number of likely N-dealkylation sites (tertiary alicyclic amines) is 1. The molecule has 1 aliphatic heterocycles. The summed E-state index contributed by atoms with van der Waals surface area (Å²) < 4.78 is 5.94. The first-order chi connectivity index (χ1) is 16.0. The molecule has 0 bridgehead atoms. The number of nitrogens with zero attached hydrogens (tertiary/aromatic N) is 1. The second-order valence-corrected chi connectivity index (χ2v) is 10.3. The first-order valence-corrected chi connectivity index (χ1v) is 13.0. The van der Waals surface area contributed by atoms with Crippen LogP contribution in [0.5, 0.6) is 5.75 Å². The minimum atomic E-state index is -0.482. The van der Waals surface area contributed by atoms with Crippen molar-refractivity contribution in [3.05, 3.63) is 59.1 Å². The lowest BCUT2D eigenvalue weighted by Gasteiger charge is -2.36. The normalized spacial score (nSPS) is 19.2. The van der Waals surface area contributed by atoms with Gasteiger partial charge >= 0.3 is 0 Å². The average molecular weight is 469 g/mol. The van der Waals surface area contributed by atoms with Crippen molar-refractivity contribution < 1.29 is 9.53 Å².